The van der Waals surface area contributed by atoms with Crippen LogP contribution in [0.5, 0.6) is 0 Å². The topological polar surface area (TPSA) is 196 Å². The van der Waals surface area contributed by atoms with Crippen LogP contribution in [0.2, 0.25) is 0 Å². The molecule has 12 heteroatoms. The first kappa shape index (κ1) is 15.3. The second-order valence-corrected chi connectivity index (χ2v) is 4.33. The van der Waals surface area contributed by atoms with E-state index in [1.165, 1.54) is 0 Å². The zero-order valence-corrected chi connectivity index (χ0v) is 11.8. The summed E-state index contributed by atoms with van der Waals surface area (Å²) in [5, 5.41) is 1.03. The first-order valence-corrected chi connectivity index (χ1v) is 5.94. The van der Waals surface area contributed by atoms with Gasteiger partial charge in [-0.3, -0.25) is 0 Å². The van der Waals surface area contributed by atoms with Gasteiger partial charge in [-0.15, -0.1) is 0 Å². The highest BCUT2D eigenvalue weighted by atomic mass is 16.2. The molecule has 2 aromatic rings. The zero-order valence-electron chi connectivity index (χ0n) is 11.8. The van der Waals surface area contributed by atoms with E-state index in [0.29, 0.717) is 21.4 Å². The van der Waals surface area contributed by atoms with Crippen molar-refractivity contribution in [1.29, 1.82) is 0 Å². The number of carbonyl (C=O) groups is 2. The fourth-order valence-corrected chi connectivity index (χ4v) is 1.57. The third-order valence-electron chi connectivity index (χ3n) is 2.83. The maximum Gasteiger partial charge on any atom is 0.336 e. The van der Waals surface area contributed by atoms with Crippen molar-refractivity contribution in [3.63, 3.8) is 0 Å². The fraction of sp³-hybridized carbons (Fsp3) is 0.200. The molecular weight excluding hydrogens is 292 g/mol. The number of hydrazine groups is 2. The Morgan fingerprint density at radius 1 is 0.864 bits per heavy atom. The minimum Gasteiger partial charge on any atom is -0.350 e. The van der Waals surface area contributed by atoms with Crippen molar-refractivity contribution in [2.75, 3.05) is 10.0 Å². The Morgan fingerprint density at radius 2 is 1.41 bits per heavy atom. The van der Waals surface area contributed by atoms with Crippen LogP contribution in [0.4, 0.5) is 21.4 Å². The number of urea groups is 2. The van der Waals surface area contributed by atoms with E-state index < -0.39 is 12.1 Å². The number of primary amides is 2. The first-order valence-electron chi connectivity index (χ1n) is 5.94. The summed E-state index contributed by atoms with van der Waals surface area (Å²) in [4.78, 5) is 38.7. The molecule has 0 fully saturated rings. The van der Waals surface area contributed by atoms with Crippen LogP contribution in [-0.4, -0.2) is 32.0 Å². The van der Waals surface area contributed by atoms with E-state index in [9.17, 15) is 9.59 Å². The molecule has 2 heterocycles. The maximum atomic E-state index is 11.3. The Labute approximate surface area is 124 Å². The van der Waals surface area contributed by atoms with E-state index >= 15 is 0 Å². The molecule has 0 unspecified atom stereocenters. The van der Waals surface area contributed by atoms with Crippen LogP contribution in [0.1, 0.15) is 11.4 Å². The summed E-state index contributed by atoms with van der Waals surface area (Å²) in [6.07, 6.45) is 0. The quantitative estimate of drug-likeness (QED) is 0.293. The van der Waals surface area contributed by atoms with Crippen LogP contribution in [0.3, 0.4) is 0 Å². The minimum atomic E-state index is -1.01. The van der Waals surface area contributed by atoms with E-state index in [0.717, 1.165) is 0 Å². The molecular formula is C10H14N10O2. The second kappa shape index (κ2) is 5.34. The van der Waals surface area contributed by atoms with Gasteiger partial charge in [0.25, 0.3) is 5.95 Å². The molecule has 0 aromatic carbocycles. The predicted molar refractivity (Wildman–Crippen MR) is 77.1 cm³/mol. The number of rotatable bonds is 2. The molecule has 0 radical (unpaired) electrons. The van der Waals surface area contributed by atoms with Gasteiger partial charge in [-0.25, -0.2) is 36.3 Å². The Bertz CT molecular complexity index is 776. The van der Waals surface area contributed by atoms with Crippen molar-refractivity contribution in [1.82, 2.24) is 19.9 Å². The molecule has 2 aromatic heterocycles. The van der Waals surface area contributed by atoms with Crippen molar-refractivity contribution in [2.24, 2.45) is 23.2 Å². The highest BCUT2D eigenvalue weighted by molar-refractivity contribution is 5.97. The highest BCUT2D eigenvalue weighted by Crippen LogP contribution is 2.23. The number of fused-ring (bicyclic) bond motifs is 1. The number of hydrogen-bond donors (Lipinski definition) is 4. The van der Waals surface area contributed by atoms with Gasteiger partial charge in [0.15, 0.2) is 17.0 Å². The molecule has 8 N–H and O–H groups in total. The van der Waals surface area contributed by atoms with Crippen molar-refractivity contribution in [2.45, 2.75) is 13.8 Å². The van der Waals surface area contributed by atoms with Gasteiger partial charge in [-0.2, -0.15) is 15.0 Å². The number of aromatic nitrogens is 4. The smallest absolute Gasteiger partial charge is 0.336 e. The van der Waals surface area contributed by atoms with Crippen LogP contribution >= 0.6 is 0 Å². The van der Waals surface area contributed by atoms with E-state index in [4.69, 9.17) is 23.2 Å². The molecule has 22 heavy (non-hydrogen) atoms. The van der Waals surface area contributed by atoms with Crippen LogP contribution in [0.25, 0.3) is 11.2 Å². The fourth-order valence-electron chi connectivity index (χ4n) is 1.57. The lowest BCUT2D eigenvalue weighted by atomic mass is 10.3. The lowest BCUT2D eigenvalue weighted by Crippen LogP contribution is -2.45. The highest BCUT2D eigenvalue weighted by Gasteiger charge is 2.21. The number of aryl methyl sites for hydroxylation is 2. The summed E-state index contributed by atoms with van der Waals surface area (Å²) in [6.45, 7) is 3.43. The molecule has 0 saturated heterocycles. The second-order valence-electron chi connectivity index (χ2n) is 4.33. The summed E-state index contributed by atoms with van der Waals surface area (Å²) >= 11 is 0. The molecule has 0 aliphatic heterocycles. The Hall–Kier alpha value is -3.12. The Kier molecular flexibility index (Phi) is 3.71. The average Bonchev–Trinajstić information content (AvgIpc) is 2.45. The zero-order chi connectivity index (χ0) is 16.6. The maximum absolute atomic E-state index is 11.3. The Balaban J connectivity index is 2.80. The number of carbonyl (C=O) groups excluding carboxylic acids is 2. The van der Waals surface area contributed by atoms with E-state index in [1.54, 1.807) is 13.8 Å². The van der Waals surface area contributed by atoms with Crippen LogP contribution in [0, 0.1) is 13.8 Å². The molecule has 2 rings (SSSR count). The van der Waals surface area contributed by atoms with Gasteiger partial charge in [0, 0.05) is 0 Å². The van der Waals surface area contributed by atoms with Gasteiger partial charge < -0.3 is 11.5 Å². The van der Waals surface area contributed by atoms with Gasteiger partial charge in [0.05, 0.1) is 11.4 Å². The van der Waals surface area contributed by atoms with Gasteiger partial charge >= 0.3 is 12.1 Å². The normalized spacial score (nSPS) is 10.5. The lowest BCUT2D eigenvalue weighted by Gasteiger charge is -2.18. The van der Waals surface area contributed by atoms with Crippen molar-refractivity contribution >= 4 is 35.0 Å². The number of nitrogens with zero attached hydrogens (tertiary/aromatic N) is 6. The first-order chi connectivity index (χ1) is 10.2. The molecule has 0 saturated carbocycles. The summed E-state index contributed by atoms with van der Waals surface area (Å²) in [6, 6.07) is -2.00. The largest absolute Gasteiger partial charge is 0.350 e. The number of nitrogens with two attached hydrogens (primary N) is 4. The summed E-state index contributed by atoms with van der Waals surface area (Å²) in [7, 11) is 0. The number of anilines is 2. The number of hydrogen-bond acceptors (Lipinski definition) is 8. The van der Waals surface area contributed by atoms with Crippen LogP contribution < -0.4 is 33.2 Å². The molecule has 0 atom stereocenters. The van der Waals surface area contributed by atoms with Crippen molar-refractivity contribution < 1.29 is 9.59 Å². The van der Waals surface area contributed by atoms with E-state index in [-0.39, 0.29) is 22.9 Å². The molecule has 0 aliphatic carbocycles. The summed E-state index contributed by atoms with van der Waals surface area (Å²) in [5.41, 5.74) is 11.6. The summed E-state index contributed by atoms with van der Waals surface area (Å²) < 4.78 is 0. The number of amides is 4. The van der Waals surface area contributed by atoms with Gasteiger partial charge in [0.1, 0.15) is 0 Å². The van der Waals surface area contributed by atoms with Gasteiger partial charge in [-0.05, 0) is 13.8 Å². The minimum absolute atomic E-state index is 0.0801. The lowest BCUT2D eigenvalue weighted by molar-refractivity contribution is 0.253. The standard InChI is InChI=1S/C10H14N10O2/c1-3-4(2)16-6-5(15-3)7(19(13)8(11)21)18-10(17-6)20(14)9(12)22/h13-14H2,1-2H3,(H2,11,21)(H2,12,22). The van der Waals surface area contributed by atoms with Crippen LogP contribution in [0.15, 0.2) is 0 Å². The average molecular weight is 306 g/mol. The molecule has 0 spiro atoms. The third-order valence-corrected chi connectivity index (χ3v) is 2.83. The third kappa shape index (κ3) is 2.55. The van der Waals surface area contributed by atoms with Crippen molar-refractivity contribution in [3.8, 4) is 0 Å². The van der Waals surface area contributed by atoms with E-state index in [2.05, 4.69) is 19.9 Å². The molecule has 0 aliphatic rings. The Morgan fingerprint density at radius 3 is 1.95 bits per heavy atom. The van der Waals surface area contributed by atoms with Crippen LogP contribution in [-0.2, 0) is 0 Å². The predicted octanol–water partition coefficient (Wildman–Crippen LogP) is -1.45. The SMILES string of the molecule is Cc1nc2nc(N(N)C(N)=O)nc(N(N)C(N)=O)c2nc1C. The summed E-state index contributed by atoms with van der Waals surface area (Å²) in [5.74, 6) is 10.6. The van der Waals surface area contributed by atoms with Crippen molar-refractivity contribution in [3.05, 3.63) is 11.4 Å². The van der Waals surface area contributed by atoms with Gasteiger partial charge in [-0.1, -0.05) is 0 Å². The molecule has 116 valence electrons. The monoisotopic (exact) mass is 306 g/mol. The molecule has 4 amide bonds. The van der Waals surface area contributed by atoms with Gasteiger partial charge in [0.2, 0.25) is 0 Å². The molecule has 12 nitrogen and oxygen atoms in total. The molecule has 0 bridgehead atoms. The van der Waals surface area contributed by atoms with E-state index in [1.807, 2.05) is 0 Å².